The van der Waals surface area contributed by atoms with E-state index in [4.69, 9.17) is 4.74 Å². The zero-order chi connectivity index (χ0) is 15.6. The van der Waals surface area contributed by atoms with Crippen molar-refractivity contribution >= 4 is 10.9 Å². The second-order valence-electron chi connectivity index (χ2n) is 6.19. The van der Waals surface area contributed by atoms with Crippen LogP contribution in [0.5, 0.6) is 11.5 Å². The normalized spacial score (nSPS) is 15.3. The van der Waals surface area contributed by atoms with Crippen LogP contribution in [0.2, 0.25) is 0 Å². The average Bonchev–Trinajstić information content (AvgIpc) is 3.19. The first kappa shape index (κ1) is 14.3. The number of likely N-dealkylation sites (tertiary alicyclic amines) is 1. The summed E-state index contributed by atoms with van der Waals surface area (Å²) in [7, 11) is 2.04. The van der Waals surface area contributed by atoms with E-state index in [0.717, 1.165) is 29.3 Å². The van der Waals surface area contributed by atoms with Gasteiger partial charge in [-0.3, -0.25) is 9.88 Å². The molecular weight excluding hydrogens is 286 g/mol. The van der Waals surface area contributed by atoms with Crippen molar-refractivity contribution in [1.82, 2.24) is 14.5 Å². The van der Waals surface area contributed by atoms with E-state index in [9.17, 15) is 0 Å². The number of ether oxygens (including phenoxy) is 1. The molecule has 0 bridgehead atoms. The minimum absolute atomic E-state index is 0.850. The van der Waals surface area contributed by atoms with E-state index in [-0.39, 0.29) is 0 Å². The molecule has 0 atom stereocenters. The summed E-state index contributed by atoms with van der Waals surface area (Å²) < 4.78 is 8.25. The lowest BCUT2D eigenvalue weighted by molar-refractivity contribution is 0.326. The van der Waals surface area contributed by atoms with Crippen LogP contribution in [0.25, 0.3) is 10.9 Å². The monoisotopic (exact) mass is 307 g/mol. The van der Waals surface area contributed by atoms with Gasteiger partial charge in [-0.1, -0.05) is 12.1 Å². The number of rotatable bonds is 4. The maximum atomic E-state index is 6.16. The van der Waals surface area contributed by atoms with Gasteiger partial charge in [0.1, 0.15) is 5.75 Å². The van der Waals surface area contributed by atoms with Crippen molar-refractivity contribution in [2.24, 2.45) is 7.05 Å². The van der Waals surface area contributed by atoms with E-state index in [1.54, 1.807) is 0 Å². The molecule has 1 saturated heterocycles. The number of aryl methyl sites for hydroxylation is 1. The van der Waals surface area contributed by atoms with E-state index < -0.39 is 0 Å². The second-order valence-corrected chi connectivity index (χ2v) is 6.19. The Labute approximate surface area is 136 Å². The largest absolute Gasteiger partial charge is 0.455 e. The lowest BCUT2D eigenvalue weighted by Crippen LogP contribution is -2.18. The third-order valence-electron chi connectivity index (χ3n) is 4.46. The SMILES string of the molecule is Cn1ccc2cccc(Oc3ccnc(CN4CCCC4)c3)c21. The van der Waals surface area contributed by atoms with E-state index >= 15 is 0 Å². The predicted molar refractivity (Wildman–Crippen MR) is 91.7 cm³/mol. The molecule has 118 valence electrons. The number of fused-ring (bicyclic) bond motifs is 1. The fraction of sp³-hybridized carbons (Fsp3) is 0.316. The Morgan fingerprint density at radius 3 is 2.87 bits per heavy atom. The van der Waals surface area contributed by atoms with Crippen LogP contribution in [0.4, 0.5) is 0 Å². The minimum atomic E-state index is 0.850. The Bertz CT molecular complexity index is 818. The van der Waals surface area contributed by atoms with Crippen LogP contribution in [-0.4, -0.2) is 27.5 Å². The van der Waals surface area contributed by atoms with Crippen LogP contribution in [0.15, 0.2) is 48.8 Å². The summed E-state index contributed by atoms with van der Waals surface area (Å²) >= 11 is 0. The summed E-state index contributed by atoms with van der Waals surface area (Å²) in [6, 6.07) is 12.2. The van der Waals surface area contributed by atoms with Crippen molar-refractivity contribution in [3.8, 4) is 11.5 Å². The third-order valence-corrected chi connectivity index (χ3v) is 4.46. The standard InChI is InChI=1S/C19H21N3O/c1-21-12-8-15-5-4-6-18(19(15)21)23-17-7-9-20-16(13-17)14-22-10-2-3-11-22/h4-9,12-13H,2-3,10-11,14H2,1H3. The van der Waals surface area contributed by atoms with Gasteiger partial charge < -0.3 is 9.30 Å². The van der Waals surface area contributed by atoms with Crippen LogP contribution in [-0.2, 0) is 13.6 Å². The first-order valence-electron chi connectivity index (χ1n) is 8.19. The average molecular weight is 307 g/mol. The smallest absolute Gasteiger partial charge is 0.151 e. The van der Waals surface area contributed by atoms with Crippen LogP contribution in [0.3, 0.4) is 0 Å². The van der Waals surface area contributed by atoms with Crippen molar-refractivity contribution in [1.29, 1.82) is 0 Å². The highest BCUT2D eigenvalue weighted by molar-refractivity contribution is 5.86. The Balaban J connectivity index is 1.59. The molecule has 2 aromatic heterocycles. The predicted octanol–water partition coefficient (Wildman–Crippen LogP) is 3.96. The van der Waals surface area contributed by atoms with Crippen LogP contribution < -0.4 is 4.74 Å². The maximum Gasteiger partial charge on any atom is 0.151 e. The van der Waals surface area contributed by atoms with E-state index in [1.807, 2.05) is 31.4 Å². The quantitative estimate of drug-likeness (QED) is 0.731. The molecule has 0 saturated carbocycles. The molecule has 1 aliphatic rings. The number of hydrogen-bond donors (Lipinski definition) is 0. The summed E-state index contributed by atoms with van der Waals surface area (Å²) in [5.74, 6) is 1.73. The number of aromatic nitrogens is 2. The zero-order valence-corrected chi connectivity index (χ0v) is 13.4. The molecule has 0 spiro atoms. The molecule has 0 N–H and O–H groups in total. The number of hydrogen-bond acceptors (Lipinski definition) is 3. The van der Waals surface area contributed by atoms with Gasteiger partial charge in [0.15, 0.2) is 5.75 Å². The molecule has 3 aromatic rings. The van der Waals surface area contributed by atoms with Gasteiger partial charge in [0, 0.05) is 37.4 Å². The fourth-order valence-corrected chi connectivity index (χ4v) is 3.30. The molecule has 3 heterocycles. The van der Waals surface area contributed by atoms with Gasteiger partial charge in [0.25, 0.3) is 0 Å². The summed E-state index contributed by atoms with van der Waals surface area (Å²) in [6.45, 7) is 3.26. The Morgan fingerprint density at radius 2 is 2.00 bits per heavy atom. The van der Waals surface area contributed by atoms with Crippen LogP contribution >= 0.6 is 0 Å². The molecule has 4 heteroatoms. The molecule has 0 aliphatic carbocycles. The van der Waals surface area contributed by atoms with E-state index in [1.165, 1.54) is 31.3 Å². The number of pyridine rings is 1. The first-order valence-corrected chi connectivity index (χ1v) is 8.19. The highest BCUT2D eigenvalue weighted by Crippen LogP contribution is 2.30. The highest BCUT2D eigenvalue weighted by Gasteiger charge is 2.13. The Kier molecular flexibility index (Phi) is 3.75. The van der Waals surface area contributed by atoms with Crippen molar-refractivity contribution in [2.75, 3.05) is 13.1 Å². The molecule has 0 unspecified atom stereocenters. The molecule has 4 rings (SSSR count). The van der Waals surface area contributed by atoms with Crippen LogP contribution in [0, 0.1) is 0 Å². The van der Waals surface area contributed by atoms with Gasteiger partial charge in [-0.15, -0.1) is 0 Å². The summed E-state index contributed by atoms with van der Waals surface area (Å²) in [4.78, 5) is 6.94. The molecule has 4 nitrogen and oxygen atoms in total. The topological polar surface area (TPSA) is 30.3 Å². The second kappa shape index (κ2) is 6.05. The van der Waals surface area contributed by atoms with Crippen molar-refractivity contribution in [3.63, 3.8) is 0 Å². The lowest BCUT2D eigenvalue weighted by Gasteiger charge is -2.14. The summed E-state index contributed by atoms with van der Waals surface area (Å²) in [5.41, 5.74) is 2.19. The Hall–Kier alpha value is -2.33. The molecule has 23 heavy (non-hydrogen) atoms. The minimum Gasteiger partial charge on any atom is -0.455 e. The molecule has 1 fully saturated rings. The van der Waals surface area contributed by atoms with Gasteiger partial charge in [0.2, 0.25) is 0 Å². The maximum absolute atomic E-state index is 6.16. The van der Waals surface area contributed by atoms with Gasteiger partial charge in [-0.05, 0) is 44.1 Å². The molecular formula is C19H21N3O. The molecule has 0 radical (unpaired) electrons. The van der Waals surface area contributed by atoms with Gasteiger partial charge in [-0.25, -0.2) is 0 Å². The summed E-state index contributed by atoms with van der Waals surface area (Å²) in [6.07, 6.45) is 6.49. The summed E-state index contributed by atoms with van der Waals surface area (Å²) in [5, 5.41) is 1.19. The van der Waals surface area contributed by atoms with Crippen molar-refractivity contribution < 1.29 is 4.74 Å². The highest BCUT2D eigenvalue weighted by atomic mass is 16.5. The van der Waals surface area contributed by atoms with Gasteiger partial charge in [0.05, 0.1) is 11.2 Å². The zero-order valence-electron chi connectivity index (χ0n) is 13.4. The molecule has 0 amide bonds. The van der Waals surface area contributed by atoms with Crippen LogP contribution in [0.1, 0.15) is 18.5 Å². The lowest BCUT2D eigenvalue weighted by atomic mass is 10.2. The number of benzene rings is 1. The van der Waals surface area contributed by atoms with E-state index in [2.05, 4.69) is 38.8 Å². The fourth-order valence-electron chi connectivity index (χ4n) is 3.30. The van der Waals surface area contributed by atoms with E-state index in [0.29, 0.717) is 0 Å². The Morgan fingerprint density at radius 1 is 1.13 bits per heavy atom. The number of nitrogens with zero attached hydrogens (tertiary/aromatic N) is 3. The van der Waals surface area contributed by atoms with Crippen molar-refractivity contribution in [2.45, 2.75) is 19.4 Å². The van der Waals surface area contributed by atoms with Gasteiger partial charge in [-0.2, -0.15) is 0 Å². The molecule has 1 aromatic carbocycles. The first-order chi connectivity index (χ1) is 11.3. The van der Waals surface area contributed by atoms with Gasteiger partial charge >= 0.3 is 0 Å². The van der Waals surface area contributed by atoms with Crippen molar-refractivity contribution in [3.05, 3.63) is 54.5 Å². The number of para-hydroxylation sites is 1. The molecule has 1 aliphatic heterocycles. The third kappa shape index (κ3) is 2.94.